The van der Waals surface area contributed by atoms with Crippen LogP contribution in [0, 0.1) is 5.92 Å². The lowest BCUT2D eigenvalue weighted by molar-refractivity contribution is 0.0642. The SMILES string of the molecule is CC1CCN(c2ccc(NC(=O)c3cccc(CN4C(=O)c5ccccc5C4=O)c3)cc2)C1. The number of carbonyl (C=O) groups is 3. The van der Waals surface area contributed by atoms with Crippen LogP contribution in [0.25, 0.3) is 0 Å². The van der Waals surface area contributed by atoms with Crippen molar-refractivity contribution in [3.8, 4) is 0 Å². The first-order valence-electron chi connectivity index (χ1n) is 11.2. The summed E-state index contributed by atoms with van der Waals surface area (Å²) in [6.45, 7) is 4.51. The van der Waals surface area contributed by atoms with Crippen LogP contribution in [-0.4, -0.2) is 35.7 Å². The molecule has 33 heavy (non-hydrogen) atoms. The number of amides is 3. The van der Waals surface area contributed by atoms with E-state index in [2.05, 4.69) is 17.1 Å². The number of nitrogens with zero attached hydrogens (tertiary/aromatic N) is 2. The molecule has 5 rings (SSSR count). The molecule has 0 saturated carbocycles. The van der Waals surface area contributed by atoms with Gasteiger partial charge in [0.05, 0.1) is 17.7 Å². The third-order valence-electron chi connectivity index (χ3n) is 6.32. The molecule has 0 aliphatic carbocycles. The maximum atomic E-state index is 12.8. The van der Waals surface area contributed by atoms with Crippen LogP contribution in [0.2, 0.25) is 0 Å². The van der Waals surface area contributed by atoms with Gasteiger partial charge in [0, 0.05) is 30.0 Å². The molecule has 3 amide bonds. The van der Waals surface area contributed by atoms with Crippen LogP contribution >= 0.6 is 0 Å². The van der Waals surface area contributed by atoms with E-state index in [9.17, 15) is 14.4 Å². The van der Waals surface area contributed by atoms with Crippen molar-refractivity contribution in [3.05, 3.63) is 95.1 Å². The molecule has 2 aliphatic heterocycles. The summed E-state index contributed by atoms with van der Waals surface area (Å²) in [5.41, 5.74) is 3.92. The maximum Gasteiger partial charge on any atom is 0.261 e. The minimum Gasteiger partial charge on any atom is -0.371 e. The molecule has 166 valence electrons. The number of nitrogens with one attached hydrogen (secondary N) is 1. The lowest BCUT2D eigenvalue weighted by Crippen LogP contribution is -2.29. The molecule has 3 aromatic carbocycles. The third-order valence-corrected chi connectivity index (χ3v) is 6.32. The first-order valence-corrected chi connectivity index (χ1v) is 11.2. The number of anilines is 2. The highest BCUT2D eigenvalue weighted by Crippen LogP contribution is 2.26. The van der Waals surface area contributed by atoms with Crippen molar-refractivity contribution in [3.63, 3.8) is 0 Å². The zero-order valence-electron chi connectivity index (χ0n) is 18.5. The first kappa shape index (κ1) is 20.9. The van der Waals surface area contributed by atoms with Gasteiger partial charge in [-0.15, -0.1) is 0 Å². The number of carbonyl (C=O) groups excluding carboxylic acids is 3. The number of imide groups is 1. The monoisotopic (exact) mass is 439 g/mol. The molecule has 3 aromatic rings. The molecule has 1 saturated heterocycles. The molecule has 1 N–H and O–H groups in total. The Balaban J connectivity index is 1.26. The van der Waals surface area contributed by atoms with Gasteiger partial charge in [-0.2, -0.15) is 0 Å². The average molecular weight is 440 g/mol. The van der Waals surface area contributed by atoms with Gasteiger partial charge in [-0.3, -0.25) is 19.3 Å². The predicted octanol–water partition coefficient (Wildman–Crippen LogP) is 4.58. The van der Waals surface area contributed by atoms with E-state index >= 15 is 0 Å². The molecule has 0 radical (unpaired) electrons. The summed E-state index contributed by atoms with van der Waals surface area (Å²) in [6.07, 6.45) is 1.20. The van der Waals surface area contributed by atoms with E-state index in [-0.39, 0.29) is 24.3 Å². The van der Waals surface area contributed by atoms with Crippen LogP contribution in [0.4, 0.5) is 11.4 Å². The van der Waals surface area contributed by atoms with E-state index in [4.69, 9.17) is 0 Å². The zero-order chi connectivity index (χ0) is 22.9. The molecule has 0 bridgehead atoms. The Labute approximate surface area is 192 Å². The predicted molar refractivity (Wildman–Crippen MR) is 127 cm³/mol. The zero-order valence-corrected chi connectivity index (χ0v) is 18.5. The van der Waals surface area contributed by atoms with Gasteiger partial charge >= 0.3 is 0 Å². The second-order valence-corrected chi connectivity index (χ2v) is 8.78. The second-order valence-electron chi connectivity index (χ2n) is 8.78. The molecule has 2 heterocycles. The Hall–Kier alpha value is -3.93. The Morgan fingerprint density at radius 1 is 0.939 bits per heavy atom. The topological polar surface area (TPSA) is 69.7 Å². The van der Waals surface area contributed by atoms with Crippen LogP contribution in [0.15, 0.2) is 72.8 Å². The van der Waals surface area contributed by atoms with Crippen LogP contribution in [0.1, 0.15) is 50.0 Å². The summed E-state index contributed by atoms with van der Waals surface area (Å²) in [6, 6.07) is 21.7. The normalized spacial score (nSPS) is 17.4. The minimum absolute atomic E-state index is 0.121. The second kappa shape index (κ2) is 8.54. The molecule has 6 heteroatoms. The van der Waals surface area contributed by atoms with Crippen molar-refractivity contribution in [2.24, 2.45) is 5.92 Å². The number of hydrogen-bond donors (Lipinski definition) is 1. The van der Waals surface area contributed by atoms with Gasteiger partial charge in [0.25, 0.3) is 17.7 Å². The number of fused-ring (bicyclic) bond motifs is 1. The minimum atomic E-state index is -0.307. The fourth-order valence-corrected chi connectivity index (χ4v) is 4.50. The molecule has 0 spiro atoms. The van der Waals surface area contributed by atoms with Crippen molar-refractivity contribution in [2.75, 3.05) is 23.3 Å². The summed E-state index contributed by atoms with van der Waals surface area (Å²) >= 11 is 0. The van der Waals surface area contributed by atoms with Crippen molar-refractivity contribution >= 4 is 29.1 Å². The molecular weight excluding hydrogens is 414 g/mol. The standard InChI is InChI=1S/C27H25N3O3/c1-18-13-14-29(16-18)22-11-9-21(10-12-22)28-25(31)20-6-4-5-19(15-20)17-30-26(32)23-7-2-3-8-24(23)27(30)33/h2-12,15,18H,13-14,16-17H2,1H3,(H,28,31). The van der Waals surface area contributed by atoms with Gasteiger partial charge in [0.1, 0.15) is 0 Å². The molecule has 2 aliphatic rings. The summed E-state index contributed by atoms with van der Waals surface area (Å²) in [7, 11) is 0. The van der Waals surface area contributed by atoms with E-state index in [0.29, 0.717) is 22.6 Å². The molecule has 1 atom stereocenters. The van der Waals surface area contributed by atoms with Crippen molar-refractivity contribution in [2.45, 2.75) is 19.9 Å². The highest BCUT2D eigenvalue weighted by molar-refractivity contribution is 6.21. The van der Waals surface area contributed by atoms with E-state index in [1.54, 1.807) is 42.5 Å². The van der Waals surface area contributed by atoms with Crippen LogP contribution in [0.5, 0.6) is 0 Å². The Kier molecular flexibility index (Phi) is 5.42. The fraction of sp³-hybridized carbons (Fsp3) is 0.222. The molecule has 0 aromatic heterocycles. The Bertz CT molecular complexity index is 1200. The largest absolute Gasteiger partial charge is 0.371 e. The van der Waals surface area contributed by atoms with Crippen molar-refractivity contribution < 1.29 is 14.4 Å². The van der Waals surface area contributed by atoms with Gasteiger partial charge in [0.15, 0.2) is 0 Å². The molecule has 1 unspecified atom stereocenters. The smallest absolute Gasteiger partial charge is 0.261 e. The molecule has 6 nitrogen and oxygen atoms in total. The first-order chi connectivity index (χ1) is 16.0. The number of benzene rings is 3. The van der Waals surface area contributed by atoms with Crippen LogP contribution in [0.3, 0.4) is 0 Å². The highest BCUT2D eigenvalue weighted by atomic mass is 16.2. The van der Waals surface area contributed by atoms with Gasteiger partial charge < -0.3 is 10.2 Å². The van der Waals surface area contributed by atoms with Crippen molar-refractivity contribution in [1.29, 1.82) is 0 Å². The Morgan fingerprint density at radius 2 is 1.64 bits per heavy atom. The third kappa shape index (κ3) is 4.12. The quantitative estimate of drug-likeness (QED) is 0.591. The van der Waals surface area contributed by atoms with Gasteiger partial charge in [-0.1, -0.05) is 31.2 Å². The van der Waals surface area contributed by atoms with Crippen molar-refractivity contribution in [1.82, 2.24) is 4.90 Å². The fourth-order valence-electron chi connectivity index (χ4n) is 4.50. The summed E-state index contributed by atoms with van der Waals surface area (Å²) < 4.78 is 0. The summed E-state index contributed by atoms with van der Waals surface area (Å²) in [5, 5.41) is 2.93. The van der Waals surface area contributed by atoms with Crippen LogP contribution < -0.4 is 10.2 Å². The molecular formula is C27H25N3O3. The average Bonchev–Trinajstić information content (AvgIpc) is 3.37. The van der Waals surface area contributed by atoms with Gasteiger partial charge in [0.2, 0.25) is 0 Å². The summed E-state index contributed by atoms with van der Waals surface area (Å²) in [4.78, 5) is 41.7. The lowest BCUT2D eigenvalue weighted by Gasteiger charge is -2.18. The number of hydrogen-bond acceptors (Lipinski definition) is 4. The number of rotatable bonds is 5. The van der Waals surface area contributed by atoms with E-state index in [1.165, 1.54) is 17.0 Å². The lowest BCUT2D eigenvalue weighted by atomic mass is 10.1. The van der Waals surface area contributed by atoms with E-state index < -0.39 is 0 Å². The van der Waals surface area contributed by atoms with E-state index in [1.807, 2.05) is 30.3 Å². The maximum absolute atomic E-state index is 12.8. The van der Waals surface area contributed by atoms with Gasteiger partial charge in [-0.05, 0) is 66.4 Å². The van der Waals surface area contributed by atoms with Gasteiger partial charge in [-0.25, -0.2) is 0 Å². The summed E-state index contributed by atoms with van der Waals surface area (Å²) in [5.74, 6) is -0.144. The highest BCUT2D eigenvalue weighted by Gasteiger charge is 2.35. The van der Waals surface area contributed by atoms with E-state index in [0.717, 1.165) is 24.3 Å². The van der Waals surface area contributed by atoms with Crippen LogP contribution in [-0.2, 0) is 6.54 Å². The molecule has 1 fully saturated rings. The Morgan fingerprint density at radius 3 is 2.27 bits per heavy atom.